The molecule has 200 valence electrons. The van der Waals surface area contributed by atoms with Crippen LogP contribution in [0.25, 0.3) is 22.4 Å². The number of benzene rings is 1. The van der Waals surface area contributed by atoms with Crippen molar-refractivity contribution in [3.05, 3.63) is 83.4 Å². The van der Waals surface area contributed by atoms with Crippen LogP contribution < -0.4 is 16.4 Å². The number of halogens is 1. The summed E-state index contributed by atoms with van der Waals surface area (Å²) < 4.78 is 19.0. The van der Waals surface area contributed by atoms with Crippen molar-refractivity contribution >= 4 is 29.2 Å². The molecule has 0 saturated carbocycles. The third-order valence-electron chi connectivity index (χ3n) is 6.01. The number of nitrogens with one attached hydrogen (secondary N) is 2. The van der Waals surface area contributed by atoms with E-state index in [1.54, 1.807) is 30.5 Å². The Morgan fingerprint density at radius 2 is 1.69 bits per heavy atom. The number of nitrogen functional groups attached to an aromatic ring is 1. The highest BCUT2D eigenvalue weighted by Crippen LogP contribution is 2.34. The molecule has 3 aromatic heterocycles. The molecule has 0 saturated heterocycles. The van der Waals surface area contributed by atoms with Crippen LogP contribution in [0.2, 0.25) is 0 Å². The molecule has 4 aromatic rings. The zero-order valence-corrected chi connectivity index (χ0v) is 22.3. The molecule has 9 nitrogen and oxygen atoms in total. The lowest BCUT2D eigenvalue weighted by Gasteiger charge is -2.16. The molecule has 3 heterocycles. The van der Waals surface area contributed by atoms with E-state index >= 15 is 0 Å². The number of nitrogens with two attached hydrogens (primary N) is 1. The molecule has 4 N–H and O–H groups in total. The molecular weight excluding hydrogens is 499 g/mol. The quantitative estimate of drug-likeness (QED) is 0.260. The van der Waals surface area contributed by atoms with Crippen molar-refractivity contribution in [3.8, 4) is 22.4 Å². The van der Waals surface area contributed by atoms with Gasteiger partial charge in [-0.15, -0.1) is 0 Å². The van der Waals surface area contributed by atoms with Crippen LogP contribution in [-0.2, 0) is 10.4 Å². The SMILES string of the molecule is COC(=O)Nc1cc(-c2cc(-c3cc(NC(=O)c4ccnc(C(C)(C)F)c4)c(N)cc3C)cc(C)n2)ccn1. The van der Waals surface area contributed by atoms with Crippen LogP contribution in [0.3, 0.4) is 0 Å². The van der Waals surface area contributed by atoms with Crippen molar-refractivity contribution < 1.29 is 18.7 Å². The Bertz CT molecular complexity index is 1570. The second-order valence-electron chi connectivity index (χ2n) is 9.54. The molecule has 0 fully saturated rings. The van der Waals surface area contributed by atoms with Gasteiger partial charge in [0.1, 0.15) is 11.5 Å². The molecule has 0 spiro atoms. The van der Waals surface area contributed by atoms with Gasteiger partial charge in [0.05, 0.1) is 29.9 Å². The highest BCUT2D eigenvalue weighted by molar-refractivity contribution is 6.06. The van der Waals surface area contributed by atoms with Crippen molar-refractivity contribution in [2.24, 2.45) is 0 Å². The zero-order valence-electron chi connectivity index (χ0n) is 22.3. The van der Waals surface area contributed by atoms with Crippen LogP contribution >= 0.6 is 0 Å². The zero-order chi connectivity index (χ0) is 28.3. The number of methoxy groups -OCH3 is 1. The summed E-state index contributed by atoms with van der Waals surface area (Å²) in [7, 11) is 1.28. The van der Waals surface area contributed by atoms with Gasteiger partial charge in [0.15, 0.2) is 0 Å². The number of carbonyl (C=O) groups excluding carboxylic acids is 2. The Hall–Kier alpha value is -4.86. The van der Waals surface area contributed by atoms with Gasteiger partial charge >= 0.3 is 6.09 Å². The summed E-state index contributed by atoms with van der Waals surface area (Å²) in [5.41, 5.74) is 10.6. The molecule has 39 heavy (non-hydrogen) atoms. The molecule has 2 amide bonds. The van der Waals surface area contributed by atoms with Crippen LogP contribution in [0.5, 0.6) is 0 Å². The number of ether oxygens (including phenoxy) is 1. The fourth-order valence-corrected chi connectivity index (χ4v) is 4.03. The summed E-state index contributed by atoms with van der Waals surface area (Å²) >= 11 is 0. The smallest absolute Gasteiger partial charge is 0.412 e. The Kier molecular flexibility index (Phi) is 7.57. The summed E-state index contributed by atoms with van der Waals surface area (Å²) in [6.07, 6.45) is 2.35. The van der Waals surface area contributed by atoms with Crippen molar-refractivity contribution in [3.63, 3.8) is 0 Å². The molecule has 0 aliphatic rings. The van der Waals surface area contributed by atoms with E-state index in [-0.39, 0.29) is 11.3 Å². The minimum atomic E-state index is -1.69. The first-order valence-corrected chi connectivity index (χ1v) is 12.1. The number of nitrogens with zero attached hydrogens (tertiary/aromatic N) is 3. The molecule has 0 unspecified atom stereocenters. The molecular formula is C29H29FN6O3. The van der Waals surface area contributed by atoms with Gasteiger partial charge in [-0.05, 0) is 92.9 Å². The summed E-state index contributed by atoms with van der Waals surface area (Å²) in [6.45, 7) is 6.57. The predicted molar refractivity (Wildman–Crippen MR) is 149 cm³/mol. The monoisotopic (exact) mass is 528 g/mol. The van der Waals surface area contributed by atoms with Gasteiger partial charge in [-0.3, -0.25) is 20.1 Å². The predicted octanol–water partition coefficient (Wildman–Crippen LogP) is 6.04. The average Bonchev–Trinajstić information content (AvgIpc) is 2.89. The fourth-order valence-electron chi connectivity index (χ4n) is 4.03. The molecule has 10 heteroatoms. The number of aryl methyl sites for hydroxylation is 2. The largest absolute Gasteiger partial charge is 0.453 e. The number of rotatable bonds is 6. The Labute approximate surface area is 225 Å². The van der Waals surface area contributed by atoms with E-state index in [1.807, 2.05) is 26.0 Å². The Balaban J connectivity index is 1.68. The lowest BCUT2D eigenvalue weighted by Crippen LogP contribution is -2.17. The van der Waals surface area contributed by atoms with Crippen LogP contribution in [0.1, 0.15) is 41.2 Å². The van der Waals surface area contributed by atoms with Crippen molar-refractivity contribution in [1.29, 1.82) is 0 Å². The van der Waals surface area contributed by atoms with Gasteiger partial charge in [-0.2, -0.15) is 0 Å². The summed E-state index contributed by atoms with van der Waals surface area (Å²) in [5.74, 6) is -0.105. The first-order valence-electron chi connectivity index (χ1n) is 12.1. The van der Waals surface area contributed by atoms with E-state index in [0.717, 1.165) is 27.9 Å². The molecule has 0 atom stereocenters. The van der Waals surface area contributed by atoms with E-state index in [1.165, 1.54) is 39.3 Å². The second-order valence-corrected chi connectivity index (χ2v) is 9.54. The molecule has 1 aromatic carbocycles. The highest BCUT2D eigenvalue weighted by atomic mass is 19.1. The summed E-state index contributed by atoms with van der Waals surface area (Å²) in [6, 6.07) is 13.9. The Morgan fingerprint density at radius 3 is 2.41 bits per heavy atom. The van der Waals surface area contributed by atoms with Gasteiger partial charge in [0, 0.05) is 29.2 Å². The number of hydrogen-bond acceptors (Lipinski definition) is 7. The van der Waals surface area contributed by atoms with Gasteiger partial charge in [-0.25, -0.2) is 14.2 Å². The van der Waals surface area contributed by atoms with Crippen molar-refractivity contribution in [1.82, 2.24) is 15.0 Å². The minimum Gasteiger partial charge on any atom is -0.453 e. The van der Waals surface area contributed by atoms with E-state index in [9.17, 15) is 14.0 Å². The first kappa shape index (κ1) is 27.2. The number of alkyl halides is 1. The molecule has 4 rings (SSSR count). The first-order chi connectivity index (χ1) is 18.4. The lowest BCUT2D eigenvalue weighted by molar-refractivity contribution is 0.102. The maximum absolute atomic E-state index is 14.4. The van der Waals surface area contributed by atoms with Gasteiger partial charge in [0.2, 0.25) is 0 Å². The van der Waals surface area contributed by atoms with Crippen molar-refractivity contribution in [2.45, 2.75) is 33.4 Å². The van der Waals surface area contributed by atoms with Crippen LogP contribution in [0.4, 0.5) is 26.4 Å². The standard InChI is InChI=1S/C29H29FN6O3/c1-16-10-22(31)24(35-27(37)19-7-8-32-25(13-19)29(3,4)30)15-21(16)20-11-17(2)34-23(12-20)18-6-9-33-26(14-18)36-28(38)39-5/h6-15H,31H2,1-5H3,(H,35,37)(H,33,36,38). The fraction of sp³-hybridized carbons (Fsp3) is 0.207. The maximum atomic E-state index is 14.4. The average molecular weight is 529 g/mol. The normalized spacial score (nSPS) is 11.1. The lowest BCUT2D eigenvalue weighted by atomic mass is 9.97. The van der Waals surface area contributed by atoms with E-state index in [2.05, 4.69) is 30.3 Å². The van der Waals surface area contributed by atoms with Gasteiger partial charge in [0.25, 0.3) is 5.91 Å². The van der Waals surface area contributed by atoms with Crippen molar-refractivity contribution in [2.75, 3.05) is 23.5 Å². The number of amides is 2. The van der Waals surface area contributed by atoms with Crippen LogP contribution in [0.15, 0.2) is 60.9 Å². The summed E-state index contributed by atoms with van der Waals surface area (Å²) in [4.78, 5) is 37.5. The third-order valence-corrected chi connectivity index (χ3v) is 6.01. The van der Waals surface area contributed by atoms with Crippen LogP contribution in [0, 0.1) is 13.8 Å². The number of hydrogen-bond donors (Lipinski definition) is 3. The number of pyridine rings is 3. The molecule has 0 radical (unpaired) electrons. The van der Waals surface area contributed by atoms with Crippen LogP contribution in [-0.4, -0.2) is 34.1 Å². The topological polar surface area (TPSA) is 132 Å². The van der Waals surface area contributed by atoms with E-state index in [4.69, 9.17) is 5.73 Å². The molecule has 0 bridgehead atoms. The summed E-state index contributed by atoms with van der Waals surface area (Å²) in [5, 5.41) is 5.39. The molecule has 0 aliphatic carbocycles. The van der Waals surface area contributed by atoms with Gasteiger partial charge < -0.3 is 15.8 Å². The number of aromatic nitrogens is 3. The maximum Gasteiger partial charge on any atom is 0.412 e. The molecule has 0 aliphatic heterocycles. The number of carbonyl (C=O) groups is 2. The third kappa shape index (κ3) is 6.35. The van der Waals surface area contributed by atoms with E-state index < -0.39 is 17.7 Å². The highest BCUT2D eigenvalue weighted by Gasteiger charge is 2.22. The second kappa shape index (κ2) is 10.9. The van der Waals surface area contributed by atoms with E-state index in [0.29, 0.717) is 22.9 Å². The Morgan fingerprint density at radius 1 is 0.949 bits per heavy atom. The number of anilines is 3. The minimum absolute atomic E-state index is 0.161. The van der Waals surface area contributed by atoms with Gasteiger partial charge in [-0.1, -0.05) is 0 Å².